The van der Waals surface area contributed by atoms with E-state index in [0.717, 1.165) is 16.6 Å². The zero-order valence-electron chi connectivity index (χ0n) is 7.00. The molecule has 3 heteroatoms. The Morgan fingerprint density at radius 1 is 1.42 bits per heavy atom. The van der Waals surface area contributed by atoms with E-state index in [4.69, 9.17) is 11.8 Å². The van der Waals surface area contributed by atoms with Crippen molar-refractivity contribution in [3.8, 4) is 0 Å². The van der Waals surface area contributed by atoms with Gasteiger partial charge >= 0.3 is 0 Å². The average Bonchev–Trinajstić information content (AvgIpc) is 2.33. The zero-order chi connectivity index (χ0) is 8.72. The minimum atomic E-state index is 1.03. The van der Waals surface area contributed by atoms with Crippen LogP contribution in [-0.4, -0.2) is 9.07 Å². The number of pyridine rings is 1. The maximum Gasteiger partial charge on any atom is 0.0684 e. The molecule has 0 atom stereocenters. The first-order valence-electron chi connectivity index (χ1n) is 3.79. The lowest BCUT2D eigenvalue weighted by Crippen LogP contribution is -1.82. The molecule has 2 aromatic heterocycles. The molecular formula is C9H9ClN2. The topological polar surface area (TPSA) is 17.8 Å². The monoisotopic (exact) mass is 180 g/mol. The van der Waals surface area contributed by atoms with Crippen molar-refractivity contribution in [3.63, 3.8) is 0 Å². The van der Waals surface area contributed by atoms with E-state index in [0.29, 0.717) is 0 Å². The normalized spacial score (nSPS) is 10.9. The standard InChI is InChI=1S/C9H9ClN2/c1-6-7(2)12(10)9-3-4-11-5-8(6)9/h3-5H,1-2H3. The number of fused-ring (bicyclic) bond motifs is 1. The summed E-state index contributed by atoms with van der Waals surface area (Å²) in [4.78, 5) is 4.06. The SMILES string of the molecule is Cc1c(C)n(Cl)c2ccncc12. The zero-order valence-corrected chi connectivity index (χ0v) is 7.76. The van der Waals surface area contributed by atoms with Gasteiger partial charge in [0.05, 0.1) is 5.52 Å². The van der Waals surface area contributed by atoms with Gasteiger partial charge < -0.3 is 0 Å². The van der Waals surface area contributed by atoms with Gasteiger partial charge in [-0.05, 0) is 25.5 Å². The molecule has 0 aromatic carbocycles. The summed E-state index contributed by atoms with van der Waals surface area (Å²) in [5.74, 6) is 0. The minimum absolute atomic E-state index is 1.03. The van der Waals surface area contributed by atoms with Crippen LogP contribution in [-0.2, 0) is 0 Å². The number of hydrogen-bond donors (Lipinski definition) is 0. The van der Waals surface area contributed by atoms with E-state index in [9.17, 15) is 0 Å². The van der Waals surface area contributed by atoms with E-state index in [1.54, 1.807) is 10.3 Å². The van der Waals surface area contributed by atoms with Crippen LogP contribution in [0.3, 0.4) is 0 Å². The van der Waals surface area contributed by atoms with Gasteiger partial charge in [-0.25, -0.2) is 0 Å². The summed E-state index contributed by atoms with van der Waals surface area (Å²) in [6, 6.07) is 1.92. The van der Waals surface area contributed by atoms with Gasteiger partial charge in [-0.3, -0.25) is 9.07 Å². The molecule has 0 aliphatic carbocycles. The Hall–Kier alpha value is -1.02. The fourth-order valence-electron chi connectivity index (χ4n) is 1.37. The number of hydrogen-bond acceptors (Lipinski definition) is 1. The van der Waals surface area contributed by atoms with Crippen molar-refractivity contribution < 1.29 is 0 Å². The molecule has 0 spiro atoms. The molecule has 0 aliphatic rings. The predicted molar refractivity (Wildman–Crippen MR) is 50.5 cm³/mol. The van der Waals surface area contributed by atoms with E-state index in [1.807, 2.05) is 19.2 Å². The molecule has 0 bridgehead atoms. The Bertz CT molecular complexity index is 392. The molecule has 2 nitrogen and oxygen atoms in total. The van der Waals surface area contributed by atoms with Gasteiger partial charge in [-0.2, -0.15) is 0 Å². The molecule has 62 valence electrons. The summed E-state index contributed by atoms with van der Waals surface area (Å²) < 4.78 is 1.67. The maximum absolute atomic E-state index is 6.04. The Morgan fingerprint density at radius 3 is 2.83 bits per heavy atom. The summed E-state index contributed by atoms with van der Waals surface area (Å²) in [6.07, 6.45) is 3.59. The third kappa shape index (κ3) is 0.847. The maximum atomic E-state index is 6.04. The van der Waals surface area contributed by atoms with Crippen LogP contribution < -0.4 is 0 Å². The lowest BCUT2D eigenvalue weighted by Gasteiger charge is -1.92. The highest BCUT2D eigenvalue weighted by atomic mass is 35.5. The summed E-state index contributed by atoms with van der Waals surface area (Å²) in [7, 11) is 0. The molecule has 0 saturated carbocycles. The first-order valence-corrected chi connectivity index (χ1v) is 4.13. The number of halogens is 1. The van der Waals surface area contributed by atoms with Crippen LogP contribution in [0.5, 0.6) is 0 Å². The second-order valence-corrected chi connectivity index (χ2v) is 3.22. The van der Waals surface area contributed by atoms with Gasteiger partial charge in [0.25, 0.3) is 0 Å². The molecule has 0 fully saturated rings. The number of aromatic nitrogens is 2. The van der Waals surface area contributed by atoms with Crippen molar-refractivity contribution >= 4 is 22.7 Å². The summed E-state index contributed by atoms with van der Waals surface area (Å²) in [6.45, 7) is 4.06. The van der Waals surface area contributed by atoms with Crippen molar-refractivity contribution in [3.05, 3.63) is 29.7 Å². The number of nitrogens with zero attached hydrogens (tertiary/aromatic N) is 2. The largest absolute Gasteiger partial charge is 0.264 e. The van der Waals surface area contributed by atoms with Crippen molar-refractivity contribution in [2.45, 2.75) is 13.8 Å². The Balaban J connectivity index is 2.99. The average molecular weight is 181 g/mol. The van der Waals surface area contributed by atoms with E-state index in [2.05, 4.69) is 11.9 Å². The quantitative estimate of drug-likeness (QED) is 0.610. The Labute approximate surface area is 75.9 Å². The molecule has 2 rings (SSSR count). The van der Waals surface area contributed by atoms with Crippen LogP contribution >= 0.6 is 11.8 Å². The smallest absolute Gasteiger partial charge is 0.0684 e. The predicted octanol–water partition coefficient (Wildman–Crippen LogP) is 2.66. The molecular weight excluding hydrogens is 172 g/mol. The summed E-state index contributed by atoms with van der Waals surface area (Å²) >= 11 is 6.04. The summed E-state index contributed by atoms with van der Waals surface area (Å²) in [5, 5.41) is 1.13. The van der Waals surface area contributed by atoms with Crippen LogP contribution in [0.25, 0.3) is 10.9 Å². The third-order valence-corrected chi connectivity index (χ3v) is 2.69. The molecule has 0 saturated heterocycles. The molecule has 0 aliphatic heterocycles. The fourth-order valence-corrected chi connectivity index (χ4v) is 1.64. The van der Waals surface area contributed by atoms with Crippen molar-refractivity contribution in [2.24, 2.45) is 0 Å². The lowest BCUT2D eigenvalue weighted by atomic mass is 10.2. The molecule has 0 N–H and O–H groups in total. The molecule has 2 aromatic rings. The van der Waals surface area contributed by atoms with Crippen LogP contribution in [0.1, 0.15) is 11.3 Å². The fraction of sp³-hybridized carbons (Fsp3) is 0.222. The van der Waals surface area contributed by atoms with Gasteiger partial charge in [0.1, 0.15) is 0 Å². The summed E-state index contributed by atoms with van der Waals surface area (Å²) in [5.41, 5.74) is 3.31. The molecule has 12 heavy (non-hydrogen) atoms. The van der Waals surface area contributed by atoms with E-state index < -0.39 is 0 Å². The lowest BCUT2D eigenvalue weighted by molar-refractivity contribution is 1.17. The highest BCUT2D eigenvalue weighted by Gasteiger charge is 2.07. The van der Waals surface area contributed by atoms with Gasteiger partial charge in [0, 0.05) is 35.3 Å². The van der Waals surface area contributed by atoms with Gasteiger partial charge in [-0.1, -0.05) is 0 Å². The third-order valence-electron chi connectivity index (χ3n) is 2.25. The van der Waals surface area contributed by atoms with Crippen molar-refractivity contribution in [1.29, 1.82) is 0 Å². The van der Waals surface area contributed by atoms with Gasteiger partial charge in [0.15, 0.2) is 0 Å². The molecule has 2 heterocycles. The molecule has 0 unspecified atom stereocenters. The first-order chi connectivity index (χ1) is 5.72. The van der Waals surface area contributed by atoms with Crippen molar-refractivity contribution in [1.82, 2.24) is 9.07 Å². The van der Waals surface area contributed by atoms with Crippen LogP contribution in [0.2, 0.25) is 0 Å². The first kappa shape index (κ1) is 7.62. The molecule has 0 radical (unpaired) electrons. The van der Waals surface area contributed by atoms with Gasteiger partial charge in [0.2, 0.25) is 0 Å². The Kier molecular flexibility index (Phi) is 1.58. The second kappa shape index (κ2) is 2.49. The number of rotatable bonds is 0. The van der Waals surface area contributed by atoms with Crippen LogP contribution in [0.15, 0.2) is 18.5 Å². The van der Waals surface area contributed by atoms with Crippen LogP contribution in [0, 0.1) is 13.8 Å². The molecule has 0 amide bonds. The van der Waals surface area contributed by atoms with Crippen molar-refractivity contribution in [2.75, 3.05) is 0 Å². The van der Waals surface area contributed by atoms with Crippen LogP contribution in [0.4, 0.5) is 0 Å². The van der Waals surface area contributed by atoms with E-state index >= 15 is 0 Å². The highest BCUT2D eigenvalue weighted by molar-refractivity contribution is 6.20. The minimum Gasteiger partial charge on any atom is -0.264 e. The van der Waals surface area contributed by atoms with E-state index in [-0.39, 0.29) is 0 Å². The highest BCUT2D eigenvalue weighted by Crippen LogP contribution is 2.24. The van der Waals surface area contributed by atoms with Gasteiger partial charge in [-0.15, -0.1) is 0 Å². The Morgan fingerprint density at radius 2 is 2.17 bits per heavy atom. The van der Waals surface area contributed by atoms with E-state index in [1.165, 1.54) is 5.56 Å². The number of aryl methyl sites for hydroxylation is 1. The second-order valence-electron chi connectivity index (χ2n) is 2.88.